The van der Waals surface area contributed by atoms with Crippen LogP contribution in [0.5, 0.6) is 5.88 Å². The Morgan fingerprint density at radius 3 is 2.42 bits per heavy atom. The number of anilines is 1. The number of ether oxygens (including phenoxy) is 2. The van der Waals surface area contributed by atoms with Crippen LogP contribution in [0, 0.1) is 11.3 Å². The van der Waals surface area contributed by atoms with Crippen molar-refractivity contribution < 1.29 is 37.1 Å². The number of alkyl carbamates (subject to hydrolysis) is 1. The molecule has 4 N–H and O–H groups in total. The minimum atomic E-state index is -4.17. The first-order valence-corrected chi connectivity index (χ1v) is 17.8. The number of nitrogens with one attached hydrogen (secondary N) is 4. The van der Waals surface area contributed by atoms with Crippen molar-refractivity contribution in [3.63, 3.8) is 0 Å². The highest BCUT2D eigenvalue weighted by Crippen LogP contribution is 2.45. The molecule has 0 spiro atoms. The first-order valence-electron chi connectivity index (χ1n) is 16.0. The maximum Gasteiger partial charge on any atom is 0.408 e. The van der Waals surface area contributed by atoms with E-state index in [9.17, 15) is 27.6 Å². The fraction of sp³-hybridized carbons (Fsp3) is 0.667. The second-order valence-corrected chi connectivity index (χ2v) is 15.6. The fourth-order valence-corrected chi connectivity index (χ4v) is 7.37. The summed E-state index contributed by atoms with van der Waals surface area (Å²) in [6.07, 6.45) is 5.33. The molecule has 18 heteroatoms. The van der Waals surface area contributed by atoms with Crippen LogP contribution in [0.15, 0.2) is 18.7 Å². The van der Waals surface area contributed by atoms with E-state index >= 15 is 0 Å². The third-order valence-corrected chi connectivity index (χ3v) is 10.3. The molecule has 3 aliphatic carbocycles. The minimum Gasteiger partial charge on any atom is -0.481 e. The molecular formula is C30H43ClN8O8S. The number of methoxy groups -OCH3 is 1. The van der Waals surface area contributed by atoms with Gasteiger partial charge in [-0.2, -0.15) is 18.1 Å². The smallest absolute Gasteiger partial charge is 0.408 e. The van der Waals surface area contributed by atoms with Gasteiger partial charge in [0.15, 0.2) is 0 Å². The number of hydrogen-bond acceptors (Lipinski definition) is 11. The Hall–Kier alpha value is -3.70. The van der Waals surface area contributed by atoms with E-state index in [0.717, 1.165) is 25.7 Å². The molecule has 4 atom stereocenters. The molecule has 0 aromatic carbocycles. The number of nitrogens with zero attached hydrogens (tertiary/aromatic N) is 4. The summed E-state index contributed by atoms with van der Waals surface area (Å²) in [7, 11) is -2.77. The Bertz CT molecular complexity index is 1560. The van der Waals surface area contributed by atoms with Gasteiger partial charge < -0.3 is 29.9 Å². The molecule has 4 fully saturated rings. The zero-order chi connectivity index (χ0) is 35.0. The van der Waals surface area contributed by atoms with Gasteiger partial charge in [0, 0.05) is 18.0 Å². The van der Waals surface area contributed by atoms with Crippen molar-refractivity contribution in [1.82, 2.24) is 34.9 Å². The average Bonchev–Trinajstić information content (AvgIpc) is 3.82. The summed E-state index contributed by atoms with van der Waals surface area (Å²) in [5.74, 6) is -2.35. The third-order valence-electron chi connectivity index (χ3n) is 9.00. The van der Waals surface area contributed by atoms with Crippen molar-refractivity contribution in [2.45, 2.75) is 95.5 Å². The first-order chi connectivity index (χ1) is 22.5. The standard InChI is InChI=1S/C30H43ClN8O8S/c1-6-17-14-30(17,26(42)37-48(44,45)36-18-11-12-18)35-24(40)20-15-38(21-13-22(46-5)33-27(31)32-21)16-39(20)25(41)23(29(2,3)4)34-28(43)47-19-9-7-8-10-19/h6,13,17-20,23,36H,1,7-12,14-16H2,2-5H3,(H,34,43)(H,35,40)(H,37,42)/t17-,20+,23-,30-/m1/s1. The summed E-state index contributed by atoms with van der Waals surface area (Å²) in [5, 5.41) is 5.33. The van der Waals surface area contributed by atoms with Gasteiger partial charge in [0.25, 0.3) is 5.91 Å². The van der Waals surface area contributed by atoms with E-state index in [1.54, 1.807) is 25.7 Å². The predicted octanol–water partition coefficient (Wildman–Crippen LogP) is 1.37. The second kappa shape index (κ2) is 13.7. The van der Waals surface area contributed by atoms with E-state index in [1.807, 2.05) is 4.72 Å². The molecule has 48 heavy (non-hydrogen) atoms. The van der Waals surface area contributed by atoms with Crippen LogP contribution in [0.2, 0.25) is 5.28 Å². The molecule has 3 saturated carbocycles. The number of aromatic nitrogens is 2. The van der Waals surface area contributed by atoms with Gasteiger partial charge in [-0.1, -0.05) is 26.8 Å². The van der Waals surface area contributed by atoms with Crippen LogP contribution in [-0.4, -0.2) is 97.2 Å². The van der Waals surface area contributed by atoms with Crippen molar-refractivity contribution in [3.05, 3.63) is 24.0 Å². The number of rotatable bonds is 12. The van der Waals surface area contributed by atoms with Gasteiger partial charge in [0.1, 0.15) is 29.5 Å². The van der Waals surface area contributed by atoms with Gasteiger partial charge in [-0.25, -0.2) is 14.5 Å². The lowest BCUT2D eigenvalue weighted by molar-refractivity contribution is -0.142. The molecule has 4 amide bonds. The van der Waals surface area contributed by atoms with E-state index in [4.69, 9.17) is 21.1 Å². The Kier molecular flexibility index (Phi) is 10.1. The molecule has 1 aromatic heterocycles. The van der Waals surface area contributed by atoms with E-state index < -0.39 is 63.0 Å². The van der Waals surface area contributed by atoms with Crippen molar-refractivity contribution in [3.8, 4) is 5.88 Å². The zero-order valence-electron chi connectivity index (χ0n) is 27.5. The molecule has 2 heterocycles. The molecule has 0 unspecified atom stereocenters. The fourth-order valence-electron chi connectivity index (χ4n) is 6.04. The van der Waals surface area contributed by atoms with Crippen LogP contribution in [0.25, 0.3) is 0 Å². The van der Waals surface area contributed by atoms with Gasteiger partial charge in [-0.15, -0.1) is 6.58 Å². The highest BCUT2D eigenvalue weighted by Gasteiger charge is 2.61. The summed E-state index contributed by atoms with van der Waals surface area (Å²) in [5.41, 5.74) is -2.41. The van der Waals surface area contributed by atoms with Crippen molar-refractivity contribution >= 4 is 51.4 Å². The predicted molar refractivity (Wildman–Crippen MR) is 174 cm³/mol. The molecule has 0 radical (unpaired) electrons. The summed E-state index contributed by atoms with van der Waals surface area (Å²) in [6, 6.07) is -1.06. The molecule has 1 aliphatic heterocycles. The van der Waals surface area contributed by atoms with E-state index in [2.05, 4.69) is 31.9 Å². The third kappa shape index (κ3) is 8.11. The molecule has 1 saturated heterocycles. The lowest BCUT2D eigenvalue weighted by Gasteiger charge is -2.35. The summed E-state index contributed by atoms with van der Waals surface area (Å²) >= 11 is 6.13. The van der Waals surface area contributed by atoms with Crippen molar-refractivity contribution in [2.75, 3.05) is 25.2 Å². The summed E-state index contributed by atoms with van der Waals surface area (Å²) in [6.45, 7) is 8.82. The Morgan fingerprint density at radius 2 is 1.83 bits per heavy atom. The minimum absolute atomic E-state index is 0.0879. The number of amides is 4. The zero-order valence-corrected chi connectivity index (χ0v) is 29.0. The average molecular weight is 711 g/mol. The molecule has 1 aromatic rings. The largest absolute Gasteiger partial charge is 0.481 e. The maximum absolute atomic E-state index is 14.4. The van der Waals surface area contributed by atoms with Gasteiger partial charge >= 0.3 is 16.3 Å². The first kappa shape index (κ1) is 35.6. The van der Waals surface area contributed by atoms with Crippen LogP contribution in [0.1, 0.15) is 65.7 Å². The molecule has 16 nitrogen and oxygen atoms in total. The molecule has 0 bridgehead atoms. The normalized spacial score (nSPS) is 24.9. The number of carbonyl (C=O) groups is 4. The Labute approximate surface area is 284 Å². The van der Waals surface area contributed by atoms with E-state index in [1.165, 1.54) is 24.2 Å². The van der Waals surface area contributed by atoms with Crippen LogP contribution in [0.3, 0.4) is 0 Å². The van der Waals surface area contributed by atoms with Crippen molar-refractivity contribution in [2.24, 2.45) is 11.3 Å². The van der Waals surface area contributed by atoms with Gasteiger partial charge in [0.05, 0.1) is 20.3 Å². The maximum atomic E-state index is 14.4. The summed E-state index contributed by atoms with van der Waals surface area (Å²) in [4.78, 5) is 66.0. The van der Waals surface area contributed by atoms with Crippen LogP contribution in [-0.2, 0) is 29.3 Å². The van der Waals surface area contributed by atoms with Crippen molar-refractivity contribution in [1.29, 1.82) is 0 Å². The number of hydrogen-bond donors (Lipinski definition) is 4. The second-order valence-electron chi connectivity index (χ2n) is 13.8. The molecule has 264 valence electrons. The number of halogens is 1. The lowest BCUT2D eigenvalue weighted by atomic mass is 9.85. The van der Waals surface area contributed by atoms with Gasteiger partial charge in [0.2, 0.25) is 23.0 Å². The van der Waals surface area contributed by atoms with Gasteiger partial charge in [-0.3, -0.25) is 14.4 Å². The molecule has 4 aliphatic rings. The lowest BCUT2D eigenvalue weighted by Crippen LogP contribution is -2.61. The van der Waals surface area contributed by atoms with Crippen LogP contribution in [0.4, 0.5) is 10.6 Å². The Balaban J connectivity index is 1.41. The van der Waals surface area contributed by atoms with E-state index in [-0.39, 0.29) is 48.8 Å². The topological polar surface area (TPSA) is 201 Å². The quantitative estimate of drug-likeness (QED) is 0.180. The molecular weight excluding hydrogens is 668 g/mol. The van der Waals surface area contributed by atoms with Crippen LogP contribution >= 0.6 is 11.6 Å². The SMILES string of the molecule is C=C[C@@H]1C[C@]1(NC(=O)[C@@H]1CN(c2cc(OC)nc(Cl)n2)CN1C(=O)[C@@H](NC(=O)OC1CCCC1)C(C)(C)C)C(=O)NS(=O)(=O)NC1CC1. The Morgan fingerprint density at radius 1 is 1.15 bits per heavy atom. The highest BCUT2D eigenvalue weighted by atomic mass is 35.5. The molecule has 5 rings (SSSR count). The van der Waals surface area contributed by atoms with E-state index in [0.29, 0.717) is 12.8 Å². The monoisotopic (exact) mass is 710 g/mol. The highest BCUT2D eigenvalue weighted by molar-refractivity contribution is 7.88. The van der Waals surface area contributed by atoms with Gasteiger partial charge in [-0.05, 0) is 62.0 Å². The number of carbonyl (C=O) groups excluding carboxylic acids is 4. The van der Waals surface area contributed by atoms with Crippen LogP contribution < -0.4 is 29.7 Å². The summed E-state index contributed by atoms with van der Waals surface area (Å²) < 4.78 is 40.4.